The number of aryl methyl sites for hydroxylation is 1. The molecule has 0 aromatic carbocycles. The van der Waals surface area contributed by atoms with E-state index in [4.69, 9.17) is 5.73 Å². The molecule has 78 valence electrons. The first-order chi connectivity index (χ1) is 6.63. The third kappa shape index (κ3) is 2.85. The molecule has 1 heterocycles. The Kier molecular flexibility index (Phi) is 3.64. The number of nitrogens with two attached hydrogens (primary N) is 1. The highest BCUT2D eigenvalue weighted by atomic mass is 16.2. The van der Waals surface area contributed by atoms with Gasteiger partial charge in [0.15, 0.2) is 5.82 Å². The van der Waals surface area contributed by atoms with Crippen LogP contribution in [0.2, 0.25) is 0 Å². The smallest absolute Gasteiger partial charge is 0.242 e. The number of rotatable bonds is 4. The Morgan fingerprint density at radius 2 is 2.50 bits per heavy atom. The molecule has 4 N–H and O–H groups in total. The number of carbonyl (C=O) groups excluding carboxylic acids is 1. The van der Waals surface area contributed by atoms with Crippen LogP contribution in [0.25, 0.3) is 0 Å². The lowest BCUT2D eigenvalue weighted by molar-refractivity contribution is -0.117. The summed E-state index contributed by atoms with van der Waals surface area (Å²) in [6.45, 7) is 3.86. The van der Waals surface area contributed by atoms with Gasteiger partial charge in [-0.2, -0.15) is 5.10 Å². The molecule has 0 fully saturated rings. The highest BCUT2D eigenvalue weighted by molar-refractivity contribution is 5.93. The van der Waals surface area contributed by atoms with E-state index in [-0.39, 0.29) is 5.91 Å². The Morgan fingerprint density at radius 1 is 1.79 bits per heavy atom. The molecule has 0 bridgehead atoms. The molecule has 1 aromatic heterocycles. The van der Waals surface area contributed by atoms with E-state index in [1.165, 1.54) is 0 Å². The van der Waals surface area contributed by atoms with E-state index in [9.17, 15) is 4.79 Å². The minimum atomic E-state index is -0.447. The molecule has 0 aliphatic heterocycles. The monoisotopic (exact) mass is 196 g/mol. The van der Waals surface area contributed by atoms with E-state index in [0.29, 0.717) is 12.2 Å². The van der Waals surface area contributed by atoms with Gasteiger partial charge in [0.2, 0.25) is 5.91 Å². The fourth-order valence-electron chi connectivity index (χ4n) is 1.14. The summed E-state index contributed by atoms with van der Waals surface area (Å²) in [5, 5.41) is 9.27. The number of aromatic amines is 1. The van der Waals surface area contributed by atoms with Crippen molar-refractivity contribution >= 4 is 11.7 Å². The molecule has 14 heavy (non-hydrogen) atoms. The Balaban J connectivity index is 2.48. The largest absolute Gasteiger partial charge is 0.320 e. The average molecular weight is 196 g/mol. The summed E-state index contributed by atoms with van der Waals surface area (Å²) in [4.78, 5) is 11.4. The quantitative estimate of drug-likeness (QED) is 0.665. The molecular weight excluding hydrogens is 180 g/mol. The molecule has 5 heteroatoms. The van der Waals surface area contributed by atoms with Gasteiger partial charge in [0.05, 0.1) is 6.04 Å². The number of H-pyrrole nitrogens is 1. The van der Waals surface area contributed by atoms with Crippen LogP contribution in [-0.2, 0) is 4.79 Å². The Morgan fingerprint density at radius 3 is 3.00 bits per heavy atom. The van der Waals surface area contributed by atoms with E-state index < -0.39 is 6.04 Å². The fourth-order valence-corrected chi connectivity index (χ4v) is 1.14. The highest BCUT2D eigenvalue weighted by Crippen LogP contribution is 2.05. The first-order valence-electron chi connectivity index (χ1n) is 4.72. The second kappa shape index (κ2) is 4.76. The van der Waals surface area contributed by atoms with E-state index in [1.54, 1.807) is 6.07 Å². The maximum Gasteiger partial charge on any atom is 0.242 e. The van der Waals surface area contributed by atoms with Gasteiger partial charge in [-0.25, -0.2) is 0 Å². The van der Waals surface area contributed by atoms with Gasteiger partial charge in [-0.05, 0) is 13.3 Å². The normalized spacial score (nSPS) is 12.5. The second-order valence-electron chi connectivity index (χ2n) is 3.32. The third-order valence-corrected chi connectivity index (χ3v) is 1.89. The third-order valence-electron chi connectivity index (χ3n) is 1.89. The minimum Gasteiger partial charge on any atom is -0.320 e. The summed E-state index contributed by atoms with van der Waals surface area (Å²) in [7, 11) is 0. The summed E-state index contributed by atoms with van der Waals surface area (Å²) >= 11 is 0. The van der Waals surface area contributed by atoms with Crippen molar-refractivity contribution in [2.75, 3.05) is 5.32 Å². The fraction of sp³-hybridized carbons (Fsp3) is 0.556. The van der Waals surface area contributed by atoms with Crippen LogP contribution in [0.1, 0.15) is 25.5 Å². The van der Waals surface area contributed by atoms with Crippen molar-refractivity contribution in [1.82, 2.24) is 10.2 Å². The van der Waals surface area contributed by atoms with Gasteiger partial charge in [-0.15, -0.1) is 0 Å². The number of nitrogens with zero attached hydrogens (tertiary/aromatic N) is 1. The maximum absolute atomic E-state index is 11.4. The van der Waals surface area contributed by atoms with Crippen molar-refractivity contribution in [1.29, 1.82) is 0 Å². The highest BCUT2D eigenvalue weighted by Gasteiger charge is 2.12. The molecule has 0 spiro atoms. The van der Waals surface area contributed by atoms with E-state index >= 15 is 0 Å². The lowest BCUT2D eigenvalue weighted by Gasteiger charge is -2.08. The van der Waals surface area contributed by atoms with Crippen molar-refractivity contribution in [3.05, 3.63) is 11.8 Å². The van der Waals surface area contributed by atoms with Crippen LogP contribution in [0, 0.1) is 6.92 Å². The number of anilines is 1. The topological polar surface area (TPSA) is 83.8 Å². The molecular formula is C9H16N4O. The van der Waals surface area contributed by atoms with Crippen molar-refractivity contribution in [3.8, 4) is 0 Å². The van der Waals surface area contributed by atoms with E-state index in [0.717, 1.165) is 12.1 Å². The van der Waals surface area contributed by atoms with Crippen molar-refractivity contribution in [2.45, 2.75) is 32.7 Å². The van der Waals surface area contributed by atoms with Crippen LogP contribution in [0.5, 0.6) is 0 Å². The average Bonchev–Trinajstić information content (AvgIpc) is 2.51. The number of aromatic nitrogens is 2. The number of nitrogens with one attached hydrogen (secondary N) is 2. The standard InChI is InChI=1S/C9H16N4O/c1-3-4-7(10)9(14)11-8-5-6(2)12-13-8/h5,7H,3-4,10H2,1-2H3,(H2,11,12,13,14)/t7-/m1/s1. The SMILES string of the molecule is CCC[C@@H](N)C(=O)Nc1cc(C)[nH]n1. The van der Waals surface area contributed by atoms with Crippen LogP contribution in [0.3, 0.4) is 0 Å². The lowest BCUT2D eigenvalue weighted by atomic mass is 10.2. The summed E-state index contributed by atoms with van der Waals surface area (Å²) in [5.74, 6) is 0.345. The van der Waals surface area contributed by atoms with Crippen molar-refractivity contribution < 1.29 is 4.79 Å². The van der Waals surface area contributed by atoms with Gasteiger partial charge in [0.1, 0.15) is 0 Å². The second-order valence-corrected chi connectivity index (χ2v) is 3.32. The molecule has 0 saturated carbocycles. The molecule has 1 aromatic rings. The minimum absolute atomic E-state index is 0.182. The number of amides is 1. The van der Waals surface area contributed by atoms with Crippen LogP contribution in [-0.4, -0.2) is 22.1 Å². The molecule has 1 amide bonds. The van der Waals surface area contributed by atoms with E-state index in [1.807, 2.05) is 13.8 Å². The molecule has 0 aliphatic carbocycles. The lowest BCUT2D eigenvalue weighted by Crippen LogP contribution is -2.35. The molecule has 5 nitrogen and oxygen atoms in total. The van der Waals surface area contributed by atoms with Gasteiger partial charge in [-0.3, -0.25) is 9.89 Å². The first-order valence-corrected chi connectivity index (χ1v) is 4.72. The molecule has 0 saturated heterocycles. The summed E-state index contributed by atoms with van der Waals surface area (Å²) < 4.78 is 0. The molecule has 0 radical (unpaired) electrons. The van der Waals surface area contributed by atoms with Gasteiger partial charge >= 0.3 is 0 Å². The Bertz CT molecular complexity index is 308. The molecule has 0 aliphatic rings. The summed E-state index contributed by atoms with van der Waals surface area (Å²) in [6.07, 6.45) is 1.59. The molecule has 0 unspecified atom stereocenters. The molecule has 1 rings (SSSR count). The van der Waals surface area contributed by atoms with Gasteiger partial charge in [0, 0.05) is 11.8 Å². The zero-order chi connectivity index (χ0) is 10.6. The Labute approximate surface area is 83.1 Å². The summed E-state index contributed by atoms with van der Waals surface area (Å²) in [6, 6.07) is 1.31. The first kappa shape index (κ1) is 10.7. The number of hydrogen-bond donors (Lipinski definition) is 3. The zero-order valence-electron chi connectivity index (χ0n) is 8.50. The predicted molar refractivity (Wildman–Crippen MR) is 54.8 cm³/mol. The Hall–Kier alpha value is -1.36. The van der Waals surface area contributed by atoms with Crippen molar-refractivity contribution in [3.63, 3.8) is 0 Å². The van der Waals surface area contributed by atoms with Gasteiger partial charge in [0.25, 0.3) is 0 Å². The van der Waals surface area contributed by atoms with E-state index in [2.05, 4.69) is 15.5 Å². The zero-order valence-corrected chi connectivity index (χ0v) is 8.50. The van der Waals surface area contributed by atoms with Crippen LogP contribution < -0.4 is 11.1 Å². The van der Waals surface area contributed by atoms with Crippen LogP contribution in [0.4, 0.5) is 5.82 Å². The number of carbonyl (C=O) groups is 1. The van der Waals surface area contributed by atoms with Crippen LogP contribution >= 0.6 is 0 Å². The summed E-state index contributed by atoms with van der Waals surface area (Å²) in [5.41, 5.74) is 6.54. The van der Waals surface area contributed by atoms with Crippen LogP contribution in [0.15, 0.2) is 6.07 Å². The van der Waals surface area contributed by atoms with Gasteiger partial charge < -0.3 is 11.1 Å². The predicted octanol–water partition coefficient (Wildman–Crippen LogP) is 0.784. The van der Waals surface area contributed by atoms with Gasteiger partial charge in [-0.1, -0.05) is 13.3 Å². The number of hydrogen-bond acceptors (Lipinski definition) is 3. The maximum atomic E-state index is 11.4. The molecule has 1 atom stereocenters. The van der Waals surface area contributed by atoms with Crippen molar-refractivity contribution in [2.24, 2.45) is 5.73 Å².